The molecular weight excluding hydrogens is 372 g/mol. The third kappa shape index (κ3) is 5.17. The summed E-state index contributed by atoms with van der Waals surface area (Å²) in [6.07, 6.45) is 0.855. The largest absolute Gasteiger partial charge is 0.332 e. The molecule has 2 aromatic rings. The number of amides is 2. The number of nitrogens with one attached hydrogen (secondary N) is 1. The highest BCUT2D eigenvalue weighted by Crippen LogP contribution is 2.48. The molecule has 0 radical (unpaired) electrons. The van der Waals surface area contributed by atoms with Crippen LogP contribution in [0.5, 0.6) is 0 Å². The molecule has 0 unspecified atom stereocenters. The van der Waals surface area contributed by atoms with Gasteiger partial charge in [0.25, 0.3) is 0 Å². The monoisotopic (exact) mass is 400 g/mol. The number of likely N-dealkylation sites (N-methyl/N-ethyl adjacent to an activating group) is 1. The van der Waals surface area contributed by atoms with E-state index in [1.165, 1.54) is 16.9 Å². The molecule has 0 spiro atoms. The summed E-state index contributed by atoms with van der Waals surface area (Å²) in [5.74, 6) is 0.111. The quantitative estimate of drug-likeness (QED) is 0.740. The van der Waals surface area contributed by atoms with E-state index in [0.717, 1.165) is 23.5 Å². The van der Waals surface area contributed by atoms with Gasteiger partial charge in [0.1, 0.15) is 0 Å². The van der Waals surface area contributed by atoms with E-state index in [2.05, 4.69) is 22.4 Å². The van der Waals surface area contributed by atoms with E-state index in [-0.39, 0.29) is 30.2 Å². The van der Waals surface area contributed by atoms with Gasteiger partial charge in [-0.1, -0.05) is 30.3 Å². The highest BCUT2D eigenvalue weighted by Gasteiger charge is 2.45. The summed E-state index contributed by atoms with van der Waals surface area (Å²) in [7, 11) is 3.93. The summed E-state index contributed by atoms with van der Waals surface area (Å²) >= 11 is 1.46. The molecule has 1 fully saturated rings. The van der Waals surface area contributed by atoms with E-state index in [1.807, 2.05) is 51.0 Å². The summed E-state index contributed by atoms with van der Waals surface area (Å²) in [5.41, 5.74) is 2.12. The first kappa shape index (κ1) is 20.5. The minimum atomic E-state index is -0.197. The Bertz CT molecular complexity index is 815. The van der Waals surface area contributed by atoms with Crippen molar-refractivity contribution in [1.29, 1.82) is 0 Å². The Balaban J connectivity index is 1.63. The summed E-state index contributed by atoms with van der Waals surface area (Å²) in [4.78, 5) is 34.7. The van der Waals surface area contributed by atoms with Gasteiger partial charge in [0.2, 0.25) is 11.8 Å². The standard InChI is InChI=1S/C21H28N4O2S/c1-14-15(2)28-21(22-14)23-19(26)13-25(11-10-24(3)4)20(27)18-12-17(18)16-8-6-5-7-9-16/h5-9,17-18H,10-13H2,1-4H3,(H,22,23,26)/t17-,18+/m0/s1. The molecule has 0 aliphatic heterocycles. The van der Waals surface area contributed by atoms with Gasteiger partial charge >= 0.3 is 0 Å². The number of aromatic nitrogens is 1. The van der Waals surface area contributed by atoms with Crippen molar-refractivity contribution in [2.24, 2.45) is 5.92 Å². The maximum atomic E-state index is 13.1. The van der Waals surface area contributed by atoms with Gasteiger partial charge in [-0.05, 0) is 45.8 Å². The van der Waals surface area contributed by atoms with Crippen molar-refractivity contribution in [3.8, 4) is 0 Å². The minimum absolute atomic E-state index is 0.0262. The minimum Gasteiger partial charge on any atom is -0.332 e. The molecule has 1 N–H and O–H groups in total. The lowest BCUT2D eigenvalue weighted by molar-refractivity contribution is -0.136. The highest BCUT2D eigenvalue weighted by atomic mass is 32.1. The number of aryl methyl sites for hydroxylation is 2. The zero-order valence-electron chi connectivity index (χ0n) is 16.9. The normalized spacial score (nSPS) is 18.2. The summed E-state index contributed by atoms with van der Waals surface area (Å²) in [6, 6.07) is 10.1. The predicted molar refractivity (Wildman–Crippen MR) is 113 cm³/mol. The summed E-state index contributed by atoms with van der Waals surface area (Å²) in [6.45, 7) is 5.21. The van der Waals surface area contributed by atoms with Gasteiger partial charge in [-0.3, -0.25) is 9.59 Å². The fraction of sp³-hybridized carbons (Fsp3) is 0.476. The first-order valence-electron chi connectivity index (χ1n) is 9.57. The molecule has 1 aromatic carbocycles. The van der Waals surface area contributed by atoms with E-state index in [4.69, 9.17) is 0 Å². The molecule has 150 valence electrons. The van der Waals surface area contributed by atoms with Crippen molar-refractivity contribution in [2.75, 3.05) is 39.0 Å². The van der Waals surface area contributed by atoms with Crippen LogP contribution < -0.4 is 5.32 Å². The van der Waals surface area contributed by atoms with E-state index >= 15 is 0 Å². The van der Waals surface area contributed by atoms with Crippen LogP contribution in [0.15, 0.2) is 30.3 Å². The van der Waals surface area contributed by atoms with Gasteiger partial charge in [-0.2, -0.15) is 0 Å². The van der Waals surface area contributed by atoms with Gasteiger partial charge in [0.15, 0.2) is 5.13 Å². The second kappa shape index (κ2) is 8.84. The van der Waals surface area contributed by atoms with E-state index in [1.54, 1.807) is 4.90 Å². The van der Waals surface area contributed by atoms with E-state index < -0.39 is 0 Å². The van der Waals surface area contributed by atoms with Crippen molar-refractivity contribution in [3.05, 3.63) is 46.5 Å². The van der Waals surface area contributed by atoms with Crippen LogP contribution in [0.2, 0.25) is 0 Å². The number of anilines is 1. The Kier molecular flexibility index (Phi) is 6.46. The molecule has 3 rings (SSSR count). The molecule has 1 saturated carbocycles. The second-order valence-electron chi connectivity index (χ2n) is 7.63. The number of hydrogen-bond acceptors (Lipinski definition) is 5. The second-order valence-corrected chi connectivity index (χ2v) is 8.83. The molecule has 0 bridgehead atoms. The highest BCUT2D eigenvalue weighted by molar-refractivity contribution is 7.15. The fourth-order valence-corrected chi connectivity index (χ4v) is 4.05. The number of carbonyl (C=O) groups is 2. The van der Waals surface area contributed by atoms with Crippen molar-refractivity contribution >= 4 is 28.3 Å². The Morgan fingerprint density at radius 1 is 1.18 bits per heavy atom. The van der Waals surface area contributed by atoms with Gasteiger partial charge in [0, 0.05) is 23.9 Å². The summed E-state index contributed by atoms with van der Waals surface area (Å²) in [5, 5.41) is 3.43. The molecule has 2 amide bonds. The lowest BCUT2D eigenvalue weighted by atomic mass is 10.1. The number of carbonyl (C=O) groups excluding carboxylic acids is 2. The topological polar surface area (TPSA) is 65.5 Å². The van der Waals surface area contributed by atoms with Crippen LogP contribution in [0, 0.1) is 19.8 Å². The lowest BCUT2D eigenvalue weighted by Crippen LogP contribution is -2.42. The Hall–Kier alpha value is -2.25. The Morgan fingerprint density at radius 2 is 1.89 bits per heavy atom. The third-order valence-electron chi connectivity index (χ3n) is 5.07. The zero-order chi connectivity index (χ0) is 20.3. The molecule has 2 atom stereocenters. The Morgan fingerprint density at radius 3 is 2.50 bits per heavy atom. The molecule has 0 saturated heterocycles. The smallest absolute Gasteiger partial charge is 0.245 e. The zero-order valence-corrected chi connectivity index (χ0v) is 17.8. The SMILES string of the molecule is Cc1nc(NC(=O)CN(CCN(C)C)C(=O)[C@@H]2C[C@H]2c2ccccc2)sc1C. The van der Waals surface area contributed by atoms with Crippen LogP contribution in [-0.4, -0.2) is 60.3 Å². The fourth-order valence-electron chi connectivity index (χ4n) is 3.22. The van der Waals surface area contributed by atoms with Crippen molar-refractivity contribution < 1.29 is 9.59 Å². The van der Waals surface area contributed by atoms with Gasteiger partial charge in [-0.15, -0.1) is 11.3 Å². The lowest BCUT2D eigenvalue weighted by Gasteiger charge is -2.24. The molecular formula is C21H28N4O2S. The van der Waals surface area contributed by atoms with Crippen LogP contribution in [0.3, 0.4) is 0 Å². The number of benzene rings is 1. The number of thiazole rings is 1. The van der Waals surface area contributed by atoms with Gasteiger partial charge in [0.05, 0.1) is 12.2 Å². The average Bonchev–Trinajstić information content (AvgIpc) is 3.39. The maximum absolute atomic E-state index is 13.1. The van der Waals surface area contributed by atoms with Crippen LogP contribution >= 0.6 is 11.3 Å². The molecule has 1 aromatic heterocycles. The van der Waals surface area contributed by atoms with Crippen molar-refractivity contribution in [1.82, 2.24) is 14.8 Å². The van der Waals surface area contributed by atoms with Gasteiger partial charge < -0.3 is 15.1 Å². The van der Waals surface area contributed by atoms with E-state index in [9.17, 15) is 9.59 Å². The first-order chi connectivity index (χ1) is 13.3. The predicted octanol–water partition coefficient (Wildman–Crippen LogP) is 2.89. The first-order valence-corrected chi connectivity index (χ1v) is 10.4. The van der Waals surface area contributed by atoms with Crippen LogP contribution in [-0.2, 0) is 9.59 Å². The average molecular weight is 401 g/mol. The van der Waals surface area contributed by atoms with Gasteiger partial charge in [-0.25, -0.2) is 4.98 Å². The molecule has 28 heavy (non-hydrogen) atoms. The molecule has 1 aliphatic rings. The van der Waals surface area contributed by atoms with Crippen LogP contribution in [0.1, 0.15) is 28.5 Å². The molecule has 1 heterocycles. The summed E-state index contributed by atoms with van der Waals surface area (Å²) < 4.78 is 0. The maximum Gasteiger partial charge on any atom is 0.245 e. The van der Waals surface area contributed by atoms with Crippen LogP contribution in [0.25, 0.3) is 0 Å². The van der Waals surface area contributed by atoms with E-state index in [0.29, 0.717) is 11.7 Å². The number of hydrogen-bond donors (Lipinski definition) is 1. The third-order valence-corrected chi connectivity index (χ3v) is 6.06. The van der Waals surface area contributed by atoms with Crippen LogP contribution in [0.4, 0.5) is 5.13 Å². The number of nitrogens with zero attached hydrogens (tertiary/aromatic N) is 3. The Labute approximate surface area is 170 Å². The molecule has 7 heteroatoms. The van der Waals surface area contributed by atoms with Crippen molar-refractivity contribution in [2.45, 2.75) is 26.2 Å². The molecule has 6 nitrogen and oxygen atoms in total. The number of rotatable bonds is 8. The molecule has 1 aliphatic carbocycles. The van der Waals surface area contributed by atoms with Crippen molar-refractivity contribution in [3.63, 3.8) is 0 Å².